The van der Waals surface area contributed by atoms with E-state index in [1.54, 1.807) is 0 Å². The van der Waals surface area contributed by atoms with E-state index in [0.29, 0.717) is 89.0 Å². The van der Waals surface area contributed by atoms with E-state index in [0.717, 1.165) is 58.2 Å². The molecule has 87 heavy (non-hydrogen) atoms. The van der Waals surface area contributed by atoms with Gasteiger partial charge in [-0.25, -0.2) is 9.97 Å². The lowest BCUT2D eigenvalue weighted by Crippen LogP contribution is -2.22. The van der Waals surface area contributed by atoms with Gasteiger partial charge in [0, 0.05) is 41.3 Å². The number of rotatable bonds is 15. The molecule has 0 saturated heterocycles. The second-order valence-corrected chi connectivity index (χ2v) is 30.9. The summed E-state index contributed by atoms with van der Waals surface area (Å²) in [6, 6.07) is 0.838. The summed E-state index contributed by atoms with van der Waals surface area (Å²) in [7, 11) is 0. The van der Waals surface area contributed by atoms with Gasteiger partial charge in [-0.15, -0.1) is 0 Å². The Hall–Kier alpha value is -3.96. The van der Waals surface area contributed by atoms with Crippen molar-refractivity contribution >= 4 is 11.4 Å². The zero-order valence-corrected chi connectivity index (χ0v) is 64.8. The van der Waals surface area contributed by atoms with Crippen molar-refractivity contribution < 1.29 is 8.94 Å². The lowest BCUT2D eigenvalue weighted by molar-refractivity contribution is 0.359. The van der Waals surface area contributed by atoms with Crippen LogP contribution in [-0.2, 0) is 0 Å². The van der Waals surface area contributed by atoms with Gasteiger partial charge in [-0.2, -0.15) is 20.0 Å². The predicted molar refractivity (Wildman–Crippen MR) is 383 cm³/mol. The van der Waals surface area contributed by atoms with E-state index in [9.17, 15) is 0 Å². The van der Waals surface area contributed by atoms with Gasteiger partial charge in [0.05, 0.1) is 40.2 Å². The van der Waals surface area contributed by atoms with E-state index in [1.165, 1.54) is 60.7 Å². The Morgan fingerprint density at radius 3 is 0.931 bits per heavy atom. The summed E-state index contributed by atoms with van der Waals surface area (Å²) in [5, 5.41) is 12.9. The highest BCUT2D eigenvalue weighted by Crippen LogP contribution is 2.33. The molecule has 0 amide bonds. The lowest BCUT2D eigenvalue weighted by Gasteiger charge is -2.20. The van der Waals surface area contributed by atoms with Crippen LogP contribution in [0.1, 0.15) is 431 Å². The largest absolute Gasteiger partial charge is 0.445 e. The third-order valence-corrected chi connectivity index (χ3v) is 12.8. The van der Waals surface area contributed by atoms with Gasteiger partial charge in [0.25, 0.3) is 0 Å². The van der Waals surface area contributed by atoms with Crippen LogP contribution in [0, 0.1) is 35.5 Å². The average Bonchev–Trinajstić information content (AvgIpc) is 2.10. The summed E-state index contributed by atoms with van der Waals surface area (Å²) in [5.41, 5.74) is 8.58. The number of imidazole rings is 1. The summed E-state index contributed by atoms with van der Waals surface area (Å²) >= 11 is 0. The van der Waals surface area contributed by atoms with Gasteiger partial charge in [0.1, 0.15) is 17.8 Å². The smallest absolute Gasteiger partial charge is 0.229 e. The number of oxazole rings is 1. The summed E-state index contributed by atoms with van der Waals surface area (Å²) in [4.78, 5) is 24.9. The Morgan fingerprint density at radius 2 is 0.713 bits per heavy atom. The van der Waals surface area contributed by atoms with E-state index in [4.69, 9.17) is 23.9 Å². The van der Waals surface area contributed by atoms with E-state index >= 15 is 0 Å². The highest BCUT2D eigenvalue weighted by molar-refractivity contribution is 6.44. The number of aliphatic imine (C=N–C) groups is 2. The third kappa shape index (κ3) is 35.3. The van der Waals surface area contributed by atoms with Crippen molar-refractivity contribution in [2.45, 2.75) is 380 Å². The first kappa shape index (κ1) is 87.2. The normalized spacial score (nSPS) is 13.3. The van der Waals surface area contributed by atoms with Crippen LogP contribution in [0.4, 0.5) is 0 Å². The second kappa shape index (κ2) is 44.5. The Labute approximate surface area is 540 Å². The molecular weight excluding hydrogens is 1070 g/mol. The third-order valence-electron chi connectivity index (χ3n) is 12.8. The first-order valence-corrected chi connectivity index (χ1v) is 34.9. The number of hydrogen-bond acceptors (Lipinski definition) is 10. The zero-order chi connectivity index (χ0) is 68.7. The predicted octanol–water partition coefficient (Wildman–Crippen LogP) is 24.4. The zero-order valence-electron chi connectivity index (χ0n) is 64.8. The lowest BCUT2D eigenvalue weighted by atomic mass is 9.96. The summed E-state index contributed by atoms with van der Waals surface area (Å²) in [6.07, 6.45) is 7.67. The minimum absolute atomic E-state index is 0.171. The SMILES string of the molecule is C1CCCC1.CC(C)C.CC(C)C.CC(C)C.CC(C)C1=NC(C(C)C)N=C1C(C)C.CC(C)c1nc(C(C)C)c(C(C)C)o1.CC(C)c1nc(C(C)C)n(C(C)C)c1C(C)C.CC(C)c1nn(C(C)C)nc1C(C)C.CC(C)c1noc(C(C)C)n1. The van der Waals surface area contributed by atoms with Crippen LogP contribution in [0.2, 0.25) is 0 Å². The Morgan fingerprint density at radius 1 is 0.345 bits per heavy atom. The van der Waals surface area contributed by atoms with Crippen molar-refractivity contribution in [3.05, 3.63) is 57.7 Å². The fourth-order valence-corrected chi connectivity index (χ4v) is 8.50. The topological polar surface area (TPSA) is 138 Å². The van der Waals surface area contributed by atoms with Crippen molar-refractivity contribution in [2.24, 2.45) is 45.5 Å². The molecule has 0 aromatic carbocycles. The maximum absolute atomic E-state index is 5.79. The molecule has 0 radical (unpaired) electrons. The van der Waals surface area contributed by atoms with E-state index in [1.807, 2.05) is 18.6 Å². The number of nitrogens with zero attached hydrogens (tertiary/aromatic N) is 10. The molecule has 0 bridgehead atoms. The fourth-order valence-electron chi connectivity index (χ4n) is 8.50. The van der Waals surface area contributed by atoms with Gasteiger partial charge in [-0.1, -0.05) is 280 Å². The molecule has 0 spiro atoms. The van der Waals surface area contributed by atoms with E-state index in [-0.39, 0.29) is 6.17 Å². The molecule has 2 aliphatic rings. The van der Waals surface area contributed by atoms with Gasteiger partial charge in [-0.05, 0) is 92.8 Å². The van der Waals surface area contributed by atoms with Crippen LogP contribution < -0.4 is 0 Å². The Kier molecular flexibility index (Phi) is 44.6. The van der Waals surface area contributed by atoms with E-state index in [2.05, 4.69) is 286 Å². The van der Waals surface area contributed by atoms with Crippen molar-refractivity contribution in [1.82, 2.24) is 39.7 Å². The number of aromatic nitrogens is 8. The molecule has 5 heterocycles. The van der Waals surface area contributed by atoms with Crippen LogP contribution >= 0.6 is 0 Å². The van der Waals surface area contributed by atoms with Crippen LogP contribution in [0.3, 0.4) is 0 Å². The standard InChI is InChI=1S/C15H28N2.C12H22N2.C12H21NO.C11H21N3.C8H14N2O.C5H10.3C4H10/c1-9(2)13-14(10(3)4)17(12(7)8)15(16-13)11(5)6;2*1-7(2)10-11(8(3)4)14-12(13-10)9(5)6;1-7(2)10-11(8(3)4)13-14(12-10)9(5)6;1-5(2)7-9-8(6(3)4)11-10-7;1-2-4-5-3-1;3*1-4(2)3/h9-12H,1-8H3;7-9,12H,1-6H3;2*7-9H,1-6H3;5-6H,1-4H3;1-5H2;3*4H,1-3H3. The number of hydrogen-bond donors (Lipinski definition) is 0. The minimum atomic E-state index is 0.171. The van der Waals surface area contributed by atoms with Crippen LogP contribution in [0.25, 0.3) is 0 Å². The van der Waals surface area contributed by atoms with Crippen molar-refractivity contribution in [1.29, 1.82) is 0 Å². The molecule has 12 heteroatoms. The molecule has 4 aromatic heterocycles. The molecule has 0 atom stereocenters. The van der Waals surface area contributed by atoms with Crippen molar-refractivity contribution in [2.75, 3.05) is 0 Å². The minimum Gasteiger partial charge on any atom is -0.445 e. The van der Waals surface area contributed by atoms with Crippen LogP contribution in [0.15, 0.2) is 18.9 Å². The first-order chi connectivity index (χ1) is 39.9. The fraction of sp³-hybridized carbons (Fsp3) is 0.840. The van der Waals surface area contributed by atoms with Gasteiger partial charge in [0.2, 0.25) is 5.89 Å². The summed E-state index contributed by atoms with van der Waals surface area (Å²) in [5.74, 6) is 13.1. The van der Waals surface area contributed by atoms with Crippen molar-refractivity contribution in [3.63, 3.8) is 0 Å². The van der Waals surface area contributed by atoms with Crippen LogP contribution in [0.5, 0.6) is 0 Å². The monoisotopic (exact) mass is 1220 g/mol. The molecule has 12 nitrogen and oxygen atoms in total. The molecule has 1 aliphatic heterocycles. The molecule has 0 N–H and O–H groups in total. The molecule has 508 valence electrons. The van der Waals surface area contributed by atoms with Gasteiger partial charge < -0.3 is 13.5 Å². The second-order valence-electron chi connectivity index (χ2n) is 30.9. The van der Waals surface area contributed by atoms with Gasteiger partial charge in [0.15, 0.2) is 11.7 Å². The molecular formula is C75H146N10O2. The maximum Gasteiger partial charge on any atom is 0.229 e. The molecule has 4 aromatic rings. The molecule has 0 unspecified atom stereocenters. The highest BCUT2D eigenvalue weighted by atomic mass is 16.5. The average molecular weight is 1220 g/mol. The first-order valence-electron chi connectivity index (χ1n) is 34.9. The molecule has 6 rings (SSSR count). The van der Waals surface area contributed by atoms with E-state index < -0.39 is 0 Å². The van der Waals surface area contributed by atoms with Gasteiger partial charge in [-0.3, -0.25) is 9.98 Å². The molecule has 1 saturated carbocycles. The Bertz CT molecular complexity index is 2180. The molecule has 1 fully saturated rings. The highest BCUT2D eigenvalue weighted by Gasteiger charge is 2.27. The summed E-state index contributed by atoms with van der Waals surface area (Å²) in [6.45, 7) is 84.5. The molecule has 1 aliphatic carbocycles. The Balaban J connectivity index is -0.000000951. The maximum atomic E-state index is 5.79. The van der Waals surface area contributed by atoms with Gasteiger partial charge >= 0.3 is 0 Å². The van der Waals surface area contributed by atoms with Crippen molar-refractivity contribution in [3.8, 4) is 0 Å². The quantitative estimate of drug-likeness (QED) is 0.115. The van der Waals surface area contributed by atoms with Crippen LogP contribution in [-0.4, -0.2) is 57.3 Å². The summed E-state index contributed by atoms with van der Waals surface area (Å²) < 4.78 is 13.3.